The Morgan fingerprint density at radius 2 is 1.95 bits per heavy atom. The van der Waals surface area contributed by atoms with Gasteiger partial charge < -0.3 is 5.32 Å². The molecule has 0 fully saturated rings. The molecule has 2 rings (SSSR count). The van der Waals surface area contributed by atoms with Crippen LogP contribution in [0.4, 0.5) is 0 Å². The van der Waals surface area contributed by atoms with Gasteiger partial charge in [-0.25, -0.2) is 13.1 Å². The van der Waals surface area contributed by atoms with Crippen LogP contribution in [0.1, 0.15) is 17.5 Å². The molecule has 0 aliphatic carbocycles. The average Bonchev–Trinajstić information content (AvgIpc) is 3.01. The molecule has 1 heterocycles. The van der Waals surface area contributed by atoms with Crippen molar-refractivity contribution in [3.05, 3.63) is 52.9 Å². The Kier molecular flexibility index (Phi) is 5.70. The third kappa shape index (κ3) is 4.66. The Bertz CT molecular complexity index is 725. The van der Waals surface area contributed by atoms with Gasteiger partial charge in [-0.2, -0.15) is 0 Å². The summed E-state index contributed by atoms with van der Waals surface area (Å²) < 4.78 is 26.4. The lowest BCUT2D eigenvalue weighted by Gasteiger charge is -2.08. The van der Waals surface area contributed by atoms with Gasteiger partial charge in [0.25, 0.3) is 0 Å². The zero-order valence-electron chi connectivity index (χ0n) is 12.2. The SMILES string of the molecule is Cc1ccccc1CNC(=O)CCNS(=O)(=O)c1cccs1. The monoisotopic (exact) mass is 338 g/mol. The highest BCUT2D eigenvalue weighted by Crippen LogP contribution is 2.15. The molecule has 0 bridgehead atoms. The van der Waals surface area contributed by atoms with Gasteiger partial charge in [-0.05, 0) is 29.5 Å². The Balaban J connectivity index is 1.76. The molecule has 22 heavy (non-hydrogen) atoms. The number of hydrogen-bond acceptors (Lipinski definition) is 4. The van der Waals surface area contributed by atoms with Crippen LogP contribution >= 0.6 is 11.3 Å². The van der Waals surface area contributed by atoms with Crippen LogP contribution in [0.5, 0.6) is 0 Å². The first-order valence-electron chi connectivity index (χ1n) is 6.83. The second-order valence-corrected chi connectivity index (χ2v) is 7.72. The minimum Gasteiger partial charge on any atom is -0.352 e. The summed E-state index contributed by atoms with van der Waals surface area (Å²) in [7, 11) is -3.50. The fourth-order valence-corrected chi connectivity index (χ4v) is 3.95. The molecule has 2 N–H and O–H groups in total. The van der Waals surface area contributed by atoms with E-state index >= 15 is 0 Å². The zero-order valence-corrected chi connectivity index (χ0v) is 13.8. The minimum atomic E-state index is -3.50. The van der Waals surface area contributed by atoms with E-state index < -0.39 is 10.0 Å². The van der Waals surface area contributed by atoms with Crippen LogP contribution in [0.2, 0.25) is 0 Å². The highest BCUT2D eigenvalue weighted by molar-refractivity contribution is 7.91. The molecule has 0 aliphatic rings. The smallest absolute Gasteiger partial charge is 0.250 e. The second kappa shape index (κ2) is 7.53. The fourth-order valence-electron chi connectivity index (χ4n) is 1.88. The van der Waals surface area contributed by atoms with E-state index in [0.29, 0.717) is 6.54 Å². The number of nitrogens with one attached hydrogen (secondary N) is 2. The van der Waals surface area contributed by atoms with E-state index in [1.165, 1.54) is 6.07 Å². The molecule has 0 aliphatic heterocycles. The Labute approximate surface area is 134 Å². The number of thiophene rings is 1. The van der Waals surface area contributed by atoms with Crippen molar-refractivity contribution in [3.8, 4) is 0 Å². The summed E-state index contributed by atoms with van der Waals surface area (Å²) in [6.07, 6.45) is 0.108. The molecule has 0 radical (unpaired) electrons. The number of benzene rings is 1. The van der Waals surface area contributed by atoms with Crippen LogP contribution in [0.3, 0.4) is 0 Å². The molecule has 7 heteroatoms. The number of sulfonamides is 1. The predicted molar refractivity (Wildman–Crippen MR) is 87.2 cm³/mol. The van der Waals surface area contributed by atoms with E-state index in [1.54, 1.807) is 11.4 Å². The number of carbonyl (C=O) groups excluding carboxylic acids is 1. The summed E-state index contributed by atoms with van der Waals surface area (Å²) in [6.45, 7) is 2.51. The molecule has 1 aromatic heterocycles. The van der Waals surface area contributed by atoms with Crippen LogP contribution in [0.15, 0.2) is 46.0 Å². The summed E-state index contributed by atoms with van der Waals surface area (Å²) in [5.74, 6) is -0.183. The third-order valence-corrected chi connectivity index (χ3v) is 6.00. The van der Waals surface area contributed by atoms with Gasteiger partial charge in [0.05, 0.1) is 0 Å². The number of aryl methyl sites for hydroxylation is 1. The normalized spacial score (nSPS) is 11.3. The van der Waals surface area contributed by atoms with Gasteiger partial charge >= 0.3 is 0 Å². The van der Waals surface area contributed by atoms with E-state index in [-0.39, 0.29) is 23.1 Å². The standard InChI is InChI=1S/C15H18N2O3S2/c1-12-5-2-3-6-13(12)11-16-14(18)8-9-17-22(19,20)15-7-4-10-21-15/h2-7,10,17H,8-9,11H2,1H3,(H,16,18). The molecule has 1 amide bonds. The topological polar surface area (TPSA) is 75.3 Å². The van der Waals surface area contributed by atoms with Crippen molar-refractivity contribution in [2.45, 2.75) is 24.1 Å². The van der Waals surface area contributed by atoms with Crippen molar-refractivity contribution >= 4 is 27.3 Å². The van der Waals surface area contributed by atoms with E-state index in [0.717, 1.165) is 22.5 Å². The van der Waals surface area contributed by atoms with Crippen molar-refractivity contribution in [1.82, 2.24) is 10.0 Å². The maximum Gasteiger partial charge on any atom is 0.250 e. The lowest BCUT2D eigenvalue weighted by molar-refractivity contribution is -0.121. The molecule has 0 spiro atoms. The molecule has 1 aromatic carbocycles. The van der Waals surface area contributed by atoms with Crippen molar-refractivity contribution in [1.29, 1.82) is 0 Å². The Morgan fingerprint density at radius 3 is 2.64 bits per heavy atom. The number of amides is 1. The van der Waals surface area contributed by atoms with Crippen LogP contribution in [-0.2, 0) is 21.4 Å². The summed E-state index contributed by atoms with van der Waals surface area (Å²) in [6, 6.07) is 11.0. The molecule has 5 nitrogen and oxygen atoms in total. The summed E-state index contributed by atoms with van der Waals surface area (Å²) in [5.41, 5.74) is 2.16. The van der Waals surface area contributed by atoms with Crippen LogP contribution in [-0.4, -0.2) is 20.9 Å². The Hall–Kier alpha value is -1.70. The van der Waals surface area contributed by atoms with Gasteiger partial charge in [0.1, 0.15) is 4.21 Å². The first-order valence-corrected chi connectivity index (χ1v) is 9.20. The quantitative estimate of drug-likeness (QED) is 0.811. The van der Waals surface area contributed by atoms with Crippen molar-refractivity contribution in [2.24, 2.45) is 0 Å². The van der Waals surface area contributed by atoms with E-state index in [4.69, 9.17) is 0 Å². The molecule has 0 atom stereocenters. The van der Waals surface area contributed by atoms with Gasteiger partial charge in [-0.1, -0.05) is 30.3 Å². The maximum absolute atomic E-state index is 11.9. The summed E-state index contributed by atoms with van der Waals surface area (Å²) in [4.78, 5) is 11.8. The fraction of sp³-hybridized carbons (Fsp3) is 0.267. The van der Waals surface area contributed by atoms with Gasteiger partial charge in [0.15, 0.2) is 0 Å². The first-order chi connectivity index (χ1) is 10.5. The first kappa shape index (κ1) is 16.7. The van der Waals surface area contributed by atoms with Crippen molar-refractivity contribution in [2.75, 3.05) is 6.54 Å². The minimum absolute atomic E-state index is 0.0832. The molecule has 0 saturated carbocycles. The van der Waals surface area contributed by atoms with E-state index in [1.807, 2.05) is 31.2 Å². The predicted octanol–water partition coefficient (Wildman–Crippen LogP) is 2.04. The second-order valence-electron chi connectivity index (χ2n) is 4.78. The summed E-state index contributed by atoms with van der Waals surface area (Å²) >= 11 is 1.15. The average molecular weight is 338 g/mol. The highest BCUT2D eigenvalue weighted by Gasteiger charge is 2.14. The highest BCUT2D eigenvalue weighted by atomic mass is 32.2. The van der Waals surface area contributed by atoms with Gasteiger partial charge in [-0.3, -0.25) is 4.79 Å². The zero-order chi connectivity index (χ0) is 16.0. The number of hydrogen-bond donors (Lipinski definition) is 2. The van der Waals surface area contributed by atoms with Gasteiger partial charge in [-0.15, -0.1) is 11.3 Å². The van der Waals surface area contributed by atoms with Gasteiger partial charge in [0, 0.05) is 19.5 Å². The molecule has 0 saturated heterocycles. The Morgan fingerprint density at radius 1 is 1.18 bits per heavy atom. The lowest BCUT2D eigenvalue weighted by atomic mass is 10.1. The van der Waals surface area contributed by atoms with Crippen molar-refractivity contribution in [3.63, 3.8) is 0 Å². The van der Waals surface area contributed by atoms with Crippen LogP contribution < -0.4 is 10.0 Å². The van der Waals surface area contributed by atoms with Gasteiger partial charge in [0.2, 0.25) is 15.9 Å². The maximum atomic E-state index is 11.9. The van der Waals surface area contributed by atoms with Crippen LogP contribution in [0.25, 0.3) is 0 Å². The molecule has 2 aromatic rings. The number of rotatable bonds is 7. The van der Waals surface area contributed by atoms with Crippen molar-refractivity contribution < 1.29 is 13.2 Å². The molecule has 0 unspecified atom stereocenters. The van der Waals surface area contributed by atoms with Crippen LogP contribution in [0, 0.1) is 6.92 Å². The van der Waals surface area contributed by atoms with E-state index in [2.05, 4.69) is 10.0 Å². The molecular formula is C15H18N2O3S2. The third-order valence-electron chi connectivity index (χ3n) is 3.14. The largest absolute Gasteiger partial charge is 0.352 e. The molecular weight excluding hydrogens is 320 g/mol. The molecule has 118 valence electrons. The summed E-state index contributed by atoms with van der Waals surface area (Å²) in [5, 5.41) is 4.49. The lowest BCUT2D eigenvalue weighted by Crippen LogP contribution is -2.30. The number of carbonyl (C=O) groups is 1. The van der Waals surface area contributed by atoms with E-state index in [9.17, 15) is 13.2 Å².